The summed E-state index contributed by atoms with van der Waals surface area (Å²) in [4.78, 5) is 23.9. The number of rotatable bonds is 6. The number of carbonyl (C=O) groups is 1. The number of amides is 1. The van der Waals surface area contributed by atoms with Crippen LogP contribution < -0.4 is 14.4 Å². The number of halogens is 1. The minimum atomic E-state index is -0.818. The number of benzene rings is 2. The fraction of sp³-hybridized carbons (Fsp3) is 0.261. The first-order valence-electron chi connectivity index (χ1n) is 10.3. The average Bonchev–Trinajstić information content (AvgIpc) is 3.45. The summed E-state index contributed by atoms with van der Waals surface area (Å²) in [5.41, 5.74) is 0.651. The zero-order valence-corrected chi connectivity index (χ0v) is 18.2. The Labute approximate surface area is 188 Å². The second-order valence-corrected chi connectivity index (χ2v) is 8.57. The van der Waals surface area contributed by atoms with Gasteiger partial charge in [0.1, 0.15) is 11.9 Å². The number of hydrogen-bond acceptors (Lipinski definition) is 6. The highest BCUT2D eigenvalue weighted by molar-refractivity contribution is 7.22. The molecule has 4 aromatic rings. The Balaban J connectivity index is 1.43. The third-order valence-corrected chi connectivity index (χ3v) is 6.32. The van der Waals surface area contributed by atoms with E-state index in [2.05, 4.69) is 9.97 Å². The molecule has 0 radical (unpaired) electrons. The number of carbonyl (C=O) groups excluding carboxylic acids is 1. The number of anilines is 1. The molecule has 0 saturated heterocycles. The van der Waals surface area contributed by atoms with Crippen LogP contribution in [0.5, 0.6) is 11.5 Å². The quantitative estimate of drug-likeness (QED) is 0.437. The molecule has 3 heterocycles. The van der Waals surface area contributed by atoms with Gasteiger partial charge < -0.3 is 14.0 Å². The Morgan fingerprint density at radius 3 is 2.81 bits per heavy atom. The zero-order valence-electron chi connectivity index (χ0n) is 17.3. The number of imidazole rings is 1. The van der Waals surface area contributed by atoms with Crippen molar-refractivity contribution in [1.29, 1.82) is 0 Å². The highest BCUT2D eigenvalue weighted by Gasteiger charge is 2.38. The predicted octanol–water partition coefficient (Wildman–Crippen LogP) is 4.28. The molecule has 0 fully saturated rings. The van der Waals surface area contributed by atoms with E-state index in [4.69, 9.17) is 9.47 Å². The lowest BCUT2D eigenvalue weighted by molar-refractivity contribution is -0.130. The van der Waals surface area contributed by atoms with Crippen LogP contribution in [-0.4, -0.2) is 39.2 Å². The van der Waals surface area contributed by atoms with Crippen molar-refractivity contribution in [1.82, 2.24) is 14.5 Å². The molecule has 2 aromatic carbocycles. The maximum absolute atomic E-state index is 13.7. The number of aromatic nitrogens is 3. The molecule has 1 amide bonds. The number of fused-ring (bicyclic) bond motifs is 2. The Kier molecular flexibility index (Phi) is 5.48. The number of hydrogen-bond donors (Lipinski definition) is 0. The van der Waals surface area contributed by atoms with Crippen LogP contribution in [0.2, 0.25) is 0 Å². The van der Waals surface area contributed by atoms with E-state index in [0.29, 0.717) is 46.4 Å². The molecule has 0 bridgehead atoms. The summed E-state index contributed by atoms with van der Waals surface area (Å²) in [6.45, 7) is 2.94. The highest BCUT2D eigenvalue weighted by Crippen LogP contribution is 2.35. The molecule has 0 saturated carbocycles. The SMILES string of the molecule is CC1Oc2ccccc2OC1C(=O)N(CCCn1ccnc1)c1nc2ccc(F)cc2s1. The van der Waals surface area contributed by atoms with Gasteiger partial charge in [0, 0.05) is 25.5 Å². The number of para-hydroxylation sites is 2. The number of aryl methyl sites for hydroxylation is 1. The van der Waals surface area contributed by atoms with E-state index in [1.54, 1.807) is 29.6 Å². The minimum absolute atomic E-state index is 0.239. The van der Waals surface area contributed by atoms with Gasteiger partial charge in [0.2, 0.25) is 6.10 Å². The Morgan fingerprint density at radius 1 is 1.22 bits per heavy atom. The predicted molar refractivity (Wildman–Crippen MR) is 120 cm³/mol. The third-order valence-electron chi connectivity index (χ3n) is 5.28. The van der Waals surface area contributed by atoms with Crippen molar-refractivity contribution >= 4 is 32.6 Å². The maximum atomic E-state index is 13.7. The van der Waals surface area contributed by atoms with Gasteiger partial charge in [-0.25, -0.2) is 14.4 Å². The normalized spacial score (nSPS) is 17.4. The lowest BCUT2D eigenvalue weighted by Crippen LogP contribution is -2.51. The van der Waals surface area contributed by atoms with E-state index >= 15 is 0 Å². The lowest BCUT2D eigenvalue weighted by atomic mass is 10.1. The number of ether oxygens (including phenoxy) is 2. The van der Waals surface area contributed by atoms with Crippen LogP contribution in [0, 0.1) is 5.82 Å². The van der Waals surface area contributed by atoms with Crippen molar-refractivity contribution in [2.75, 3.05) is 11.4 Å². The van der Waals surface area contributed by atoms with E-state index in [9.17, 15) is 9.18 Å². The first kappa shape index (κ1) is 20.4. The summed E-state index contributed by atoms with van der Waals surface area (Å²) in [5, 5.41) is 0.510. The van der Waals surface area contributed by atoms with E-state index in [-0.39, 0.29) is 11.7 Å². The van der Waals surface area contributed by atoms with Gasteiger partial charge in [0.05, 0.1) is 16.5 Å². The molecule has 7 nitrogen and oxygen atoms in total. The smallest absolute Gasteiger partial charge is 0.273 e. The van der Waals surface area contributed by atoms with Crippen LogP contribution in [0.25, 0.3) is 10.2 Å². The van der Waals surface area contributed by atoms with Crippen molar-refractivity contribution in [3.8, 4) is 11.5 Å². The third kappa shape index (κ3) is 4.03. The fourth-order valence-electron chi connectivity index (χ4n) is 3.68. The van der Waals surface area contributed by atoms with Gasteiger partial charge in [-0.05, 0) is 43.7 Å². The Hall–Kier alpha value is -3.46. The number of thiazole rings is 1. The van der Waals surface area contributed by atoms with Crippen molar-refractivity contribution < 1.29 is 18.7 Å². The molecule has 0 spiro atoms. The first-order chi connectivity index (χ1) is 15.6. The fourth-order valence-corrected chi connectivity index (χ4v) is 4.70. The molecule has 0 N–H and O–H groups in total. The van der Waals surface area contributed by atoms with Gasteiger partial charge in [-0.3, -0.25) is 9.69 Å². The van der Waals surface area contributed by atoms with Gasteiger partial charge in [-0.15, -0.1) is 0 Å². The van der Waals surface area contributed by atoms with E-state index in [0.717, 1.165) is 0 Å². The monoisotopic (exact) mass is 452 g/mol. The van der Waals surface area contributed by atoms with Crippen LogP contribution in [0.15, 0.2) is 61.2 Å². The lowest BCUT2D eigenvalue weighted by Gasteiger charge is -2.33. The largest absolute Gasteiger partial charge is 0.482 e. The standard InChI is InChI=1S/C23H21FN4O3S/c1-15-21(31-19-6-3-2-5-18(19)30-15)22(29)28(11-4-10-27-12-9-25-14-27)23-26-17-8-7-16(24)13-20(17)32-23/h2-3,5-9,12-15,21H,4,10-11H2,1H3. The molecular formula is C23H21FN4O3S. The van der Waals surface area contributed by atoms with Gasteiger partial charge in [-0.2, -0.15) is 0 Å². The summed E-state index contributed by atoms with van der Waals surface area (Å²) in [5.74, 6) is 0.581. The van der Waals surface area contributed by atoms with E-state index in [1.165, 1.54) is 23.5 Å². The van der Waals surface area contributed by atoms with Crippen LogP contribution in [0.1, 0.15) is 13.3 Å². The summed E-state index contributed by atoms with van der Waals surface area (Å²) in [6, 6.07) is 11.7. The van der Waals surface area contributed by atoms with Crippen molar-refractivity contribution in [2.45, 2.75) is 32.1 Å². The molecule has 1 aliphatic heterocycles. The Bertz CT molecular complexity index is 1240. The van der Waals surface area contributed by atoms with Crippen molar-refractivity contribution in [3.63, 3.8) is 0 Å². The van der Waals surface area contributed by atoms with Gasteiger partial charge in [0.25, 0.3) is 5.91 Å². The van der Waals surface area contributed by atoms with E-state index < -0.39 is 12.2 Å². The molecule has 32 heavy (non-hydrogen) atoms. The van der Waals surface area contributed by atoms with Gasteiger partial charge in [-0.1, -0.05) is 23.5 Å². The molecular weight excluding hydrogens is 431 g/mol. The van der Waals surface area contributed by atoms with Crippen molar-refractivity contribution in [3.05, 3.63) is 67.0 Å². The van der Waals surface area contributed by atoms with Gasteiger partial charge >= 0.3 is 0 Å². The topological polar surface area (TPSA) is 69.5 Å². The Morgan fingerprint density at radius 2 is 2.03 bits per heavy atom. The molecule has 164 valence electrons. The maximum Gasteiger partial charge on any atom is 0.273 e. The van der Waals surface area contributed by atoms with Crippen LogP contribution >= 0.6 is 11.3 Å². The first-order valence-corrected chi connectivity index (χ1v) is 11.2. The molecule has 2 aromatic heterocycles. The van der Waals surface area contributed by atoms with Gasteiger partial charge in [0.15, 0.2) is 16.6 Å². The summed E-state index contributed by atoms with van der Waals surface area (Å²) >= 11 is 1.29. The second kappa shape index (κ2) is 8.58. The van der Waals surface area contributed by atoms with E-state index in [1.807, 2.05) is 35.9 Å². The molecule has 0 aliphatic carbocycles. The minimum Gasteiger partial charge on any atom is -0.482 e. The average molecular weight is 453 g/mol. The summed E-state index contributed by atoms with van der Waals surface area (Å²) < 4.78 is 28.3. The molecule has 1 aliphatic rings. The molecule has 2 atom stereocenters. The number of nitrogens with zero attached hydrogens (tertiary/aromatic N) is 4. The molecule has 5 rings (SSSR count). The summed E-state index contributed by atoms with van der Waals surface area (Å²) in [6.07, 6.45) is 4.73. The van der Waals surface area contributed by atoms with Crippen molar-refractivity contribution in [2.24, 2.45) is 0 Å². The molecule has 2 unspecified atom stereocenters. The van der Waals surface area contributed by atoms with Crippen LogP contribution in [0.4, 0.5) is 9.52 Å². The second-order valence-electron chi connectivity index (χ2n) is 7.56. The zero-order chi connectivity index (χ0) is 22.1. The molecule has 9 heteroatoms. The van der Waals surface area contributed by atoms with Crippen LogP contribution in [-0.2, 0) is 11.3 Å². The highest BCUT2D eigenvalue weighted by atomic mass is 32.1. The summed E-state index contributed by atoms with van der Waals surface area (Å²) in [7, 11) is 0. The van der Waals surface area contributed by atoms with Crippen LogP contribution in [0.3, 0.4) is 0 Å².